The Bertz CT molecular complexity index is 411. The second-order valence-electron chi connectivity index (χ2n) is 4.02. The number of rotatable bonds is 5. The third kappa shape index (κ3) is 3.56. The Labute approximate surface area is 101 Å². The molecule has 1 rings (SSSR count). The van der Waals surface area contributed by atoms with Crippen LogP contribution in [0.4, 0.5) is 0 Å². The van der Waals surface area contributed by atoms with Crippen molar-refractivity contribution < 1.29 is 9.53 Å². The normalized spacial score (nSPS) is 13.5. The summed E-state index contributed by atoms with van der Waals surface area (Å²) in [5, 5.41) is 9.10. The smallest absolute Gasteiger partial charge is 0.326 e. The second-order valence-corrected chi connectivity index (χ2v) is 4.02. The highest BCUT2D eigenvalue weighted by Gasteiger charge is 2.34. The lowest BCUT2D eigenvalue weighted by atomic mass is 9.86. The Morgan fingerprint density at radius 1 is 1.53 bits per heavy atom. The highest BCUT2D eigenvalue weighted by molar-refractivity contribution is 5.79. The summed E-state index contributed by atoms with van der Waals surface area (Å²) in [7, 11) is 0. The third-order valence-corrected chi connectivity index (χ3v) is 2.64. The van der Waals surface area contributed by atoms with Crippen LogP contribution < -0.4 is 0 Å². The zero-order chi connectivity index (χ0) is 12.7. The molecular formula is C13H16N2O2. The first kappa shape index (κ1) is 13.2. The molecule has 0 aliphatic heterocycles. The molecule has 0 N–H and O–H groups in total. The number of aromatic nitrogens is 1. The summed E-state index contributed by atoms with van der Waals surface area (Å²) in [6.45, 7) is 3.65. The third-order valence-electron chi connectivity index (χ3n) is 2.64. The molecule has 1 unspecified atom stereocenters. The molecule has 0 spiro atoms. The van der Waals surface area contributed by atoms with Gasteiger partial charge in [-0.2, -0.15) is 5.26 Å². The summed E-state index contributed by atoms with van der Waals surface area (Å²) in [6, 6.07) is 5.80. The predicted octanol–water partition coefficient (Wildman–Crippen LogP) is 2.11. The first-order valence-electron chi connectivity index (χ1n) is 5.60. The average molecular weight is 232 g/mol. The lowest BCUT2D eigenvalue weighted by molar-refractivity contribution is -0.151. The lowest BCUT2D eigenvalue weighted by Crippen LogP contribution is -2.29. The summed E-state index contributed by atoms with van der Waals surface area (Å²) in [6.07, 6.45) is 4.50. The van der Waals surface area contributed by atoms with Crippen molar-refractivity contribution in [2.75, 3.05) is 6.61 Å². The van der Waals surface area contributed by atoms with Gasteiger partial charge in [0.15, 0.2) is 5.41 Å². The SMILES string of the molecule is CCOC(=O)C(C)(C#N)CCc1ccncc1. The van der Waals surface area contributed by atoms with E-state index in [2.05, 4.69) is 4.98 Å². The van der Waals surface area contributed by atoms with E-state index in [9.17, 15) is 4.79 Å². The molecule has 0 amide bonds. The van der Waals surface area contributed by atoms with Gasteiger partial charge in [0.2, 0.25) is 0 Å². The molecule has 1 heterocycles. The number of hydrogen-bond donors (Lipinski definition) is 0. The fourth-order valence-corrected chi connectivity index (χ4v) is 1.44. The van der Waals surface area contributed by atoms with Crippen LogP contribution in [-0.2, 0) is 16.0 Å². The summed E-state index contributed by atoms with van der Waals surface area (Å²) in [5.74, 6) is -0.448. The maximum absolute atomic E-state index is 11.7. The van der Waals surface area contributed by atoms with Gasteiger partial charge in [-0.15, -0.1) is 0 Å². The molecule has 90 valence electrons. The molecule has 1 aromatic heterocycles. The second kappa shape index (κ2) is 6.00. The van der Waals surface area contributed by atoms with Crippen LogP contribution in [-0.4, -0.2) is 17.6 Å². The molecule has 0 aliphatic rings. The highest BCUT2D eigenvalue weighted by Crippen LogP contribution is 2.24. The van der Waals surface area contributed by atoms with Crippen LogP contribution in [0.3, 0.4) is 0 Å². The van der Waals surface area contributed by atoms with Gasteiger partial charge in [0.05, 0.1) is 12.7 Å². The maximum Gasteiger partial charge on any atom is 0.326 e. The zero-order valence-electron chi connectivity index (χ0n) is 10.1. The number of ether oxygens (including phenoxy) is 1. The number of carbonyl (C=O) groups is 1. The molecule has 0 bridgehead atoms. The van der Waals surface area contributed by atoms with E-state index in [-0.39, 0.29) is 0 Å². The zero-order valence-corrected chi connectivity index (χ0v) is 10.1. The van der Waals surface area contributed by atoms with E-state index in [1.165, 1.54) is 0 Å². The van der Waals surface area contributed by atoms with E-state index in [4.69, 9.17) is 10.00 Å². The van der Waals surface area contributed by atoms with Crippen molar-refractivity contribution in [1.82, 2.24) is 4.98 Å². The van der Waals surface area contributed by atoms with Crippen molar-refractivity contribution in [3.05, 3.63) is 30.1 Å². The first-order chi connectivity index (χ1) is 8.12. The van der Waals surface area contributed by atoms with Crippen LogP contribution in [0.5, 0.6) is 0 Å². The van der Waals surface area contributed by atoms with Gasteiger partial charge in [-0.25, -0.2) is 0 Å². The Kier molecular flexibility index (Phi) is 4.65. The van der Waals surface area contributed by atoms with Crippen LogP contribution in [0.25, 0.3) is 0 Å². The van der Waals surface area contributed by atoms with E-state index < -0.39 is 11.4 Å². The van der Waals surface area contributed by atoms with Gasteiger partial charge in [-0.05, 0) is 44.4 Å². The van der Waals surface area contributed by atoms with E-state index in [1.807, 2.05) is 18.2 Å². The summed E-state index contributed by atoms with van der Waals surface area (Å²) in [5.41, 5.74) is -0.00926. The number of nitrogens with zero attached hydrogens (tertiary/aromatic N) is 2. The van der Waals surface area contributed by atoms with E-state index in [0.29, 0.717) is 19.4 Å². The number of pyridine rings is 1. The molecule has 4 nitrogen and oxygen atoms in total. The minimum absolute atomic E-state index is 0.297. The number of hydrogen-bond acceptors (Lipinski definition) is 4. The summed E-state index contributed by atoms with van der Waals surface area (Å²) in [4.78, 5) is 15.6. The average Bonchev–Trinajstić information content (AvgIpc) is 2.37. The molecule has 1 aromatic rings. The largest absolute Gasteiger partial charge is 0.465 e. The van der Waals surface area contributed by atoms with Crippen LogP contribution in [0.15, 0.2) is 24.5 Å². The van der Waals surface area contributed by atoms with Crippen LogP contribution >= 0.6 is 0 Å². The minimum Gasteiger partial charge on any atom is -0.465 e. The van der Waals surface area contributed by atoms with Gasteiger partial charge < -0.3 is 4.74 Å². The van der Waals surface area contributed by atoms with Crippen molar-refractivity contribution in [3.63, 3.8) is 0 Å². The molecule has 0 fully saturated rings. The Morgan fingerprint density at radius 2 is 2.18 bits per heavy atom. The fourth-order valence-electron chi connectivity index (χ4n) is 1.44. The Morgan fingerprint density at radius 3 is 2.71 bits per heavy atom. The summed E-state index contributed by atoms with van der Waals surface area (Å²) < 4.78 is 4.91. The first-order valence-corrected chi connectivity index (χ1v) is 5.60. The van der Waals surface area contributed by atoms with Crippen molar-refractivity contribution in [2.24, 2.45) is 5.41 Å². The molecule has 0 saturated carbocycles. The van der Waals surface area contributed by atoms with Crippen LogP contribution in [0, 0.1) is 16.7 Å². The number of nitriles is 1. The molecule has 0 aliphatic carbocycles. The van der Waals surface area contributed by atoms with Gasteiger partial charge in [-0.3, -0.25) is 9.78 Å². The van der Waals surface area contributed by atoms with Crippen molar-refractivity contribution in [2.45, 2.75) is 26.7 Å². The number of esters is 1. The Balaban J connectivity index is 2.65. The molecule has 0 radical (unpaired) electrons. The van der Waals surface area contributed by atoms with E-state index in [1.54, 1.807) is 26.2 Å². The summed E-state index contributed by atoms with van der Waals surface area (Å²) >= 11 is 0. The monoisotopic (exact) mass is 232 g/mol. The van der Waals surface area contributed by atoms with E-state index >= 15 is 0 Å². The molecule has 0 saturated heterocycles. The lowest BCUT2D eigenvalue weighted by Gasteiger charge is -2.19. The number of carbonyl (C=O) groups excluding carboxylic acids is 1. The molecule has 0 aromatic carbocycles. The van der Waals surface area contributed by atoms with Gasteiger partial charge >= 0.3 is 5.97 Å². The van der Waals surface area contributed by atoms with E-state index in [0.717, 1.165) is 5.56 Å². The maximum atomic E-state index is 11.7. The van der Waals surface area contributed by atoms with Crippen LogP contribution in [0.2, 0.25) is 0 Å². The van der Waals surface area contributed by atoms with Gasteiger partial charge in [-0.1, -0.05) is 0 Å². The highest BCUT2D eigenvalue weighted by atomic mass is 16.5. The van der Waals surface area contributed by atoms with Crippen molar-refractivity contribution in [1.29, 1.82) is 5.26 Å². The van der Waals surface area contributed by atoms with Gasteiger partial charge in [0.1, 0.15) is 0 Å². The molecule has 1 atom stereocenters. The van der Waals surface area contributed by atoms with Gasteiger partial charge in [0.25, 0.3) is 0 Å². The quantitative estimate of drug-likeness (QED) is 0.729. The minimum atomic E-state index is -1.07. The molecule has 4 heteroatoms. The standard InChI is InChI=1S/C13H16N2O2/c1-3-17-12(16)13(2,10-14)7-4-11-5-8-15-9-6-11/h5-6,8-9H,3-4,7H2,1-2H3. The van der Waals surface area contributed by atoms with Crippen LogP contribution in [0.1, 0.15) is 25.8 Å². The molecule has 17 heavy (non-hydrogen) atoms. The number of aryl methyl sites for hydroxylation is 1. The van der Waals surface area contributed by atoms with Crippen molar-refractivity contribution >= 4 is 5.97 Å². The topological polar surface area (TPSA) is 63.0 Å². The van der Waals surface area contributed by atoms with Crippen molar-refractivity contribution in [3.8, 4) is 6.07 Å². The fraction of sp³-hybridized carbons (Fsp3) is 0.462. The van der Waals surface area contributed by atoms with Gasteiger partial charge in [0, 0.05) is 12.4 Å². The predicted molar refractivity (Wildman–Crippen MR) is 62.9 cm³/mol. The Hall–Kier alpha value is -1.89. The molecular weight excluding hydrogens is 216 g/mol.